The van der Waals surface area contributed by atoms with Crippen molar-refractivity contribution in [3.63, 3.8) is 0 Å². The molecule has 0 aliphatic heterocycles. The Bertz CT molecular complexity index is 167. The molecule has 0 saturated carbocycles. The third-order valence-electron chi connectivity index (χ3n) is 3.07. The summed E-state index contributed by atoms with van der Waals surface area (Å²) in [6, 6.07) is 0.722. The Balaban J connectivity index is 4.63. The highest BCUT2D eigenvalue weighted by Gasteiger charge is 2.20. The van der Waals surface area contributed by atoms with Crippen LogP contribution in [0.4, 0.5) is 0 Å². The molecule has 0 unspecified atom stereocenters. The van der Waals surface area contributed by atoms with Gasteiger partial charge in [0.05, 0.1) is 12.1 Å². The van der Waals surface area contributed by atoms with Gasteiger partial charge in [0.15, 0.2) is 0 Å². The van der Waals surface area contributed by atoms with Crippen molar-refractivity contribution in [2.45, 2.75) is 67.5 Å². The summed E-state index contributed by atoms with van der Waals surface area (Å²) in [6.07, 6.45) is 0. The van der Waals surface area contributed by atoms with Crippen LogP contribution in [-0.2, 0) is 0 Å². The third kappa shape index (κ3) is 5.09. The van der Waals surface area contributed by atoms with Gasteiger partial charge in [-0.3, -0.25) is 0 Å². The summed E-state index contributed by atoms with van der Waals surface area (Å²) in [4.78, 5) is 0. The van der Waals surface area contributed by atoms with Crippen molar-refractivity contribution < 1.29 is 0 Å². The van der Waals surface area contributed by atoms with E-state index < -0.39 is 0 Å². The minimum Gasteiger partial charge on any atom is -0.190 e. The molecule has 0 aliphatic carbocycles. The van der Waals surface area contributed by atoms with E-state index in [-0.39, 0.29) is 0 Å². The quantitative estimate of drug-likeness (QED) is 0.581. The van der Waals surface area contributed by atoms with Crippen LogP contribution in [0.25, 0.3) is 0 Å². The lowest BCUT2D eigenvalue weighted by Crippen LogP contribution is -2.23. The third-order valence-corrected chi connectivity index (χ3v) is 3.07. The van der Waals surface area contributed by atoms with Gasteiger partial charge in [-0.2, -0.15) is 10.2 Å². The van der Waals surface area contributed by atoms with Crippen molar-refractivity contribution in [2.75, 3.05) is 0 Å². The molecule has 0 saturated heterocycles. The predicted molar refractivity (Wildman–Crippen MR) is 71.8 cm³/mol. The van der Waals surface area contributed by atoms with Gasteiger partial charge in [-0.1, -0.05) is 55.4 Å². The smallest absolute Gasteiger partial charge is 0.0754 e. The summed E-state index contributed by atoms with van der Waals surface area (Å²) in [6.45, 7) is 17.8. The lowest BCUT2D eigenvalue weighted by atomic mass is 9.93. The van der Waals surface area contributed by atoms with E-state index in [0.717, 1.165) is 0 Å². The number of rotatable bonds is 6. The zero-order valence-electron chi connectivity index (χ0n) is 12.4. The molecule has 2 nitrogen and oxygen atoms in total. The molecule has 0 amide bonds. The number of hydrogen-bond acceptors (Lipinski definition) is 2. The summed E-state index contributed by atoms with van der Waals surface area (Å²) >= 11 is 0. The Morgan fingerprint density at radius 2 is 0.625 bits per heavy atom. The van der Waals surface area contributed by atoms with Gasteiger partial charge in [0.2, 0.25) is 0 Å². The molecule has 0 aromatic carbocycles. The number of azo groups is 1. The highest BCUT2D eigenvalue weighted by molar-refractivity contribution is 4.76. The van der Waals surface area contributed by atoms with Crippen LogP contribution < -0.4 is 0 Å². The molecule has 0 aromatic rings. The van der Waals surface area contributed by atoms with Gasteiger partial charge in [-0.05, 0) is 23.7 Å². The average Bonchev–Trinajstić information content (AvgIpc) is 2.09. The van der Waals surface area contributed by atoms with E-state index in [2.05, 4.69) is 65.6 Å². The van der Waals surface area contributed by atoms with Gasteiger partial charge < -0.3 is 0 Å². The molecule has 0 spiro atoms. The largest absolute Gasteiger partial charge is 0.190 e. The van der Waals surface area contributed by atoms with E-state index in [1.165, 1.54) is 0 Å². The Morgan fingerprint density at radius 3 is 0.750 bits per heavy atom. The second-order valence-electron chi connectivity index (χ2n) is 6.19. The van der Waals surface area contributed by atoms with Gasteiger partial charge in [0, 0.05) is 0 Å². The van der Waals surface area contributed by atoms with Crippen molar-refractivity contribution in [1.29, 1.82) is 0 Å². The van der Waals surface area contributed by atoms with Crippen molar-refractivity contribution >= 4 is 0 Å². The molecule has 16 heavy (non-hydrogen) atoms. The van der Waals surface area contributed by atoms with Crippen molar-refractivity contribution in [1.82, 2.24) is 0 Å². The Labute approximate surface area is 102 Å². The first-order chi connectivity index (χ1) is 7.27. The van der Waals surface area contributed by atoms with Crippen molar-refractivity contribution in [2.24, 2.45) is 33.9 Å². The van der Waals surface area contributed by atoms with Gasteiger partial charge in [-0.15, -0.1) is 0 Å². The van der Waals surface area contributed by atoms with Crippen LogP contribution in [0.2, 0.25) is 0 Å². The molecule has 0 fully saturated rings. The van der Waals surface area contributed by atoms with E-state index in [1.54, 1.807) is 0 Å². The van der Waals surface area contributed by atoms with Crippen molar-refractivity contribution in [3.05, 3.63) is 0 Å². The topological polar surface area (TPSA) is 24.7 Å². The fourth-order valence-corrected chi connectivity index (χ4v) is 2.23. The van der Waals surface area contributed by atoms with E-state index in [4.69, 9.17) is 0 Å². The summed E-state index contributed by atoms with van der Waals surface area (Å²) < 4.78 is 0. The molecule has 0 heterocycles. The fourth-order valence-electron chi connectivity index (χ4n) is 2.23. The molecule has 0 aromatic heterocycles. The van der Waals surface area contributed by atoms with Crippen LogP contribution in [0.15, 0.2) is 10.2 Å². The Morgan fingerprint density at radius 1 is 0.438 bits per heavy atom. The van der Waals surface area contributed by atoms with Crippen LogP contribution in [0.3, 0.4) is 0 Å². The lowest BCUT2D eigenvalue weighted by molar-refractivity contribution is 0.329. The van der Waals surface area contributed by atoms with Crippen LogP contribution in [-0.4, -0.2) is 12.1 Å². The second kappa shape index (κ2) is 7.03. The first-order valence-electron chi connectivity index (χ1n) is 6.67. The summed E-state index contributed by atoms with van der Waals surface area (Å²) in [5.41, 5.74) is 0. The SMILES string of the molecule is CC(C)C(N=NC(C(C)C)C(C)C)C(C)C. The lowest BCUT2D eigenvalue weighted by Gasteiger charge is -2.23. The molecule has 0 bridgehead atoms. The first-order valence-corrected chi connectivity index (χ1v) is 6.67. The van der Waals surface area contributed by atoms with Gasteiger partial charge >= 0.3 is 0 Å². The average molecular weight is 226 g/mol. The minimum atomic E-state index is 0.361. The highest BCUT2D eigenvalue weighted by Crippen LogP contribution is 2.21. The van der Waals surface area contributed by atoms with Crippen LogP contribution in [0.1, 0.15) is 55.4 Å². The molecule has 0 rings (SSSR count). The summed E-state index contributed by atoms with van der Waals surface area (Å²) in [5, 5.41) is 9.18. The zero-order valence-corrected chi connectivity index (χ0v) is 12.4. The van der Waals surface area contributed by atoms with Crippen LogP contribution in [0.5, 0.6) is 0 Å². The molecule has 0 N–H and O–H groups in total. The van der Waals surface area contributed by atoms with Crippen molar-refractivity contribution in [3.8, 4) is 0 Å². The maximum atomic E-state index is 4.59. The molecular weight excluding hydrogens is 196 g/mol. The van der Waals surface area contributed by atoms with Crippen LogP contribution in [0, 0.1) is 23.7 Å². The fraction of sp³-hybridized carbons (Fsp3) is 1.00. The Kier molecular flexibility index (Phi) is 6.85. The van der Waals surface area contributed by atoms with E-state index in [0.29, 0.717) is 35.8 Å². The summed E-state index contributed by atoms with van der Waals surface area (Å²) in [7, 11) is 0. The van der Waals surface area contributed by atoms with E-state index >= 15 is 0 Å². The minimum absolute atomic E-state index is 0.361. The highest BCUT2D eigenvalue weighted by atomic mass is 15.1. The molecule has 0 atom stereocenters. The monoisotopic (exact) mass is 226 g/mol. The molecule has 0 radical (unpaired) electrons. The van der Waals surface area contributed by atoms with Gasteiger partial charge in [0.1, 0.15) is 0 Å². The number of hydrogen-bond donors (Lipinski definition) is 0. The second-order valence-corrected chi connectivity index (χ2v) is 6.19. The number of nitrogens with zero attached hydrogens (tertiary/aromatic N) is 2. The molecule has 0 aliphatic rings. The molecule has 2 heteroatoms. The normalized spacial score (nSPS) is 13.6. The standard InChI is InChI=1S/C14H30N2/c1-9(2)13(10(3)4)15-16-14(11(5)6)12(7)8/h9-14H,1-8H3. The predicted octanol–water partition coefficient (Wildman–Crippen LogP) is 4.80. The zero-order chi connectivity index (χ0) is 12.9. The Hall–Kier alpha value is -0.400. The van der Waals surface area contributed by atoms with E-state index in [9.17, 15) is 0 Å². The first kappa shape index (κ1) is 15.6. The van der Waals surface area contributed by atoms with Gasteiger partial charge in [-0.25, -0.2) is 0 Å². The van der Waals surface area contributed by atoms with Gasteiger partial charge in [0.25, 0.3) is 0 Å². The molecule has 96 valence electrons. The van der Waals surface area contributed by atoms with Crippen LogP contribution >= 0.6 is 0 Å². The van der Waals surface area contributed by atoms with E-state index in [1.807, 2.05) is 0 Å². The molecular formula is C14H30N2. The maximum absolute atomic E-state index is 4.59. The maximum Gasteiger partial charge on any atom is 0.0754 e. The summed E-state index contributed by atoms with van der Waals surface area (Å²) in [5.74, 6) is 2.29.